The number of fused-ring (bicyclic) bond motifs is 4. The summed E-state index contributed by atoms with van der Waals surface area (Å²) in [6.45, 7) is 7.63. The van der Waals surface area contributed by atoms with Crippen LogP contribution in [0.25, 0.3) is 21.8 Å². The average molecular weight is 460 g/mol. The molecular formula is C27H29N3O4. The van der Waals surface area contributed by atoms with Crippen molar-refractivity contribution >= 4 is 27.7 Å². The molecule has 0 unspecified atom stereocenters. The number of benzene rings is 2. The molecule has 0 aliphatic carbocycles. The molecule has 0 saturated carbocycles. The summed E-state index contributed by atoms with van der Waals surface area (Å²) in [5.41, 5.74) is 2.80. The van der Waals surface area contributed by atoms with Gasteiger partial charge in [0.25, 0.3) is 11.5 Å². The van der Waals surface area contributed by atoms with Crippen LogP contribution in [0.4, 0.5) is 0 Å². The van der Waals surface area contributed by atoms with Crippen LogP contribution in [0.1, 0.15) is 42.7 Å². The van der Waals surface area contributed by atoms with E-state index in [1.165, 1.54) is 0 Å². The number of hydrogen-bond donors (Lipinski definition) is 1. The molecule has 1 aliphatic rings. The number of amides is 1. The third-order valence-corrected chi connectivity index (χ3v) is 6.34. The molecule has 7 nitrogen and oxygen atoms in total. The first kappa shape index (κ1) is 22.1. The van der Waals surface area contributed by atoms with E-state index in [-0.39, 0.29) is 23.4 Å². The van der Waals surface area contributed by atoms with Gasteiger partial charge in [0.15, 0.2) is 11.5 Å². The summed E-state index contributed by atoms with van der Waals surface area (Å²) in [4.78, 5) is 27.0. The van der Waals surface area contributed by atoms with Crippen LogP contribution in [0.5, 0.6) is 11.5 Å². The highest BCUT2D eigenvalue weighted by molar-refractivity contribution is 6.17. The number of aryl methyl sites for hydroxylation is 1. The minimum absolute atomic E-state index is 0.0844. The molecule has 2 aromatic carbocycles. The van der Waals surface area contributed by atoms with Crippen molar-refractivity contribution < 1.29 is 14.3 Å². The van der Waals surface area contributed by atoms with Crippen molar-refractivity contribution in [2.24, 2.45) is 13.0 Å². The number of pyridine rings is 1. The third-order valence-electron chi connectivity index (χ3n) is 6.34. The molecule has 0 saturated heterocycles. The van der Waals surface area contributed by atoms with Crippen LogP contribution in [-0.4, -0.2) is 28.3 Å². The van der Waals surface area contributed by atoms with E-state index in [2.05, 4.69) is 19.2 Å². The lowest BCUT2D eigenvalue weighted by Crippen LogP contribution is -2.30. The Morgan fingerprint density at radius 1 is 1.06 bits per heavy atom. The first-order valence-corrected chi connectivity index (χ1v) is 11.7. The number of carbonyl (C=O) groups excluding carboxylic acids is 1. The highest BCUT2D eigenvalue weighted by Gasteiger charge is 2.23. The quantitative estimate of drug-likeness (QED) is 0.480. The zero-order valence-corrected chi connectivity index (χ0v) is 19.9. The monoisotopic (exact) mass is 459 g/mol. The molecule has 1 atom stereocenters. The predicted octanol–water partition coefficient (Wildman–Crippen LogP) is 4.41. The van der Waals surface area contributed by atoms with Gasteiger partial charge in [0.05, 0.1) is 11.6 Å². The van der Waals surface area contributed by atoms with Crippen molar-refractivity contribution in [2.45, 2.75) is 33.4 Å². The van der Waals surface area contributed by atoms with Crippen molar-refractivity contribution in [3.05, 3.63) is 70.1 Å². The Hall–Kier alpha value is -3.74. The molecule has 0 radical (unpaired) electrons. The molecule has 0 spiro atoms. The largest absolute Gasteiger partial charge is 0.486 e. The molecule has 0 fully saturated rings. The number of nitrogens with zero attached hydrogens (tertiary/aromatic N) is 2. The number of para-hydroxylation sites is 1. The zero-order chi connectivity index (χ0) is 24.0. The van der Waals surface area contributed by atoms with Gasteiger partial charge in [0, 0.05) is 36.1 Å². The van der Waals surface area contributed by atoms with E-state index in [0.29, 0.717) is 47.7 Å². The minimum atomic E-state index is -0.265. The van der Waals surface area contributed by atoms with Gasteiger partial charge >= 0.3 is 0 Å². The van der Waals surface area contributed by atoms with Crippen LogP contribution in [0.3, 0.4) is 0 Å². The number of ether oxygens (including phenoxy) is 2. The molecule has 7 heteroatoms. The van der Waals surface area contributed by atoms with E-state index in [1.807, 2.05) is 61.0 Å². The van der Waals surface area contributed by atoms with Crippen LogP contribution < -0.4 is 20.3 Å². The number of rotatable bonds is 5. The molecule has 1 aliphatic heterocycles. The maximum atomic E-state index is 13.6. The molecule has 34 heavy (non-hydrogen) atoms. The first-order valence-electron chi connectivity index (χ1n) is 11.7. The van der Waals surface area contributed by atoms with Crippen molar-refractivity contribution in [3.8, 4) is 11.5 Å². The van der Waals surface area contributed by atoms with Crippen LogP contribution in [0.15, 0.2) is 53.5 Å². The fourth-order valence-electron chi connectivity index (χ4n) is 4.72. The fourth-order valence-corrected chi connectivity index (χ4v) is 4.72. The van der Waals surface area contributed by atoms with Crippen LogP contribution in [0.2, 0.25) is 0 Å². The summed E-state index contributed by atoms with van der Waals surface area (Å²) >= 11 is 0. The summed E-state index contributed by atoms with van der Waals surface area (Å²) in [6, 6.07) is 13.3. The Labute approximate surface area is 197 Å². The minimum Gasteiger partial charge on any atom is -0.486 e. The number of aromatic nitrogens is 2. The number of nitrogens with one attached hydrogen (secondary N) is 1. The van der Waals surface area contributed by atoms with Crippen LogP contribution in [-0.2, 0) is 13.6 Å². The van der Waals surface area contributed by atoms with Gasteiger partial charge in [-0.1, -0.05) is 38.1 Å². The molecule has 5 rings (SSSR count). The highest BCUT2D eigenvalue weighted by Crippen LogP contribution is 2.33. The summed E-state index contributed by atoms with van der Waals surface area (Å²) in [7, 11) is 1.88. The average Bonchev–Trinajstić information content (AvgIpc) is 3.13. The van der Waals surface area contributed by atoms with Gasteiger partial charge < -0.3 is 23.9 Å². The standard InChI is InChI=1S/C27H29N3O4/c1-16(2)14-30-15-20(24-19-7-5-6-8-21(19)29(4)25(24)27(30)32)26(31)28-17(3)18-9-10-22-23(13-18)34-12-11-33-22/h5-10,13,15-17H,11-12,14H2,1-4H3,(H,28,31)/t17-/m1/s1. The lowest BCUT2D eigenvalue weighted by atomic mass is 10.0. The second kappa shape index (κ2) is 8.56. The Kier molecular flexibility index (Phi) is 5.55. The van der Waals surface area contributed by atoms with E-state index >= 15 is 0 Å². The SMILES string of the molecule is CC(C)Cn1cc(C(=O)N[C@H](C)c2ccc3c(c2)OCCO3)c2c3ccccc3n(C)c2c1=O. The van der Waals surface area contributed by atoms with Crippen molar-refractivity contribution in [2.75, 3.05) is 13.2 Å². The topological polar surface area (TPSA) is 74.5 Å². The van der Waals surface area contributed by atoms with E-state index in [4.69, 9.17) is 9.47 Å². The smallest absolute Gasteiger partial charge is 0.275 e. The summed E-state index contributed by atoms with van der Waals surface area (Å²) in [5.74, 6) is 1.44. The fraction of sp³-hybridized carbons (Fsp3) is 0.333. The molecule has 0 bridgehead atoms. The molecule has 2 aromatic heterocycles. The second-order valence-corrected chi connectivity index (χ2v) is 9.29. The Balaban J connectivity index is 1.59. The Morgan fingerprint density at radius 3 is 2.56 bits per heavy atom. The van der Waals surface area contributed by atoms with Crippen LogP contribution >= 0.6 is 0 Å². The van der Waals surface area contributed by atoms with E-state index < -0.39 is 0 Å². The van der Waals surface area contributed by atoms with E-state index in [0.717, 1.165) is 16.5 Å². The Morgan fingerprint density at radius 2 is 1.79 bits per heavy atom. The van der Waals surface area contributed by atoms with Crippen LogP contribution in [0, 0.1) is 5.92 Å². The molecule has 1 amide bonds. The van der Waals surface area contributed by atoms with Crippen molar-refractivity contribution in [1.29, 1.82) is 0 Å². The predicted molar refractivity (Wildman–Crippen MR) is 133 cm³/mol. The lowest BCUT2D eigenvalue weighted by molar-refractivity contribution is 0.0940. The first-order chi connectivity index (χ1) is 16.3. The van der Waals surface area contributed by atoms with Gasteiger partial charge in [-0.05, 0) is 36.6 Å². The number of hydrogen-bond acceptors (Lipinski definition) is 4. The van der Waals surface area contributed by atoms with Gasteiger partial charge in [-0.2, -0.15) is 0 Å². The number of carbonyl (C=O) groups is 1. The maximum absolute atomic E-state index is 13.6. The van der Waals surface area contributed by atoms with E-state index in [1.54, 1.807) is 10.8 Å². The van der Waals surface area contributed by atoms with E-state index in [9.17, 15) is 9.59 Å². The molecular weight excluding hydrogens is 430 g/mol. The molecule has 176 valence electrons. The third kappa shape index (κ3) is 3.71. The molecule has 4 aromatic rings. The maximum Gasteiger partial charge on any atom is 0.275 e. The lowest BCUT2D eigenvalue weighted by Gasteiger charge is -2.21. The van der Waals surface area contributed by atoms with Gasteiger partial charge in [-0.15, -0.1) is 0 Å². The van der Waals surface area contributed by atoms with Gasteiger partial charge in [0.1, 0.15) is 18.7 Å². The second-order valence-electron chi connectivity index (χ2n) is 9.29. The molecule has 1 N–H and O–H groups in total. The van der Waals surface area contributed by atoms with Gasteiger partial charge in [0.2, 0.25) is 0 Å². The van der Waals surface area contributed by atoms with Gasteiger partial charge in [-0.3, -0.25) is 9.59 Å². The zero-order valence-electron chi connectivity index (χ0n) is 19.9. The van der Waals surface area contributed by atoms with Crippen molar-refractivity contribution in [1.82, 2.24) is 14.5 Å². The highest BCUT2D eigenvalue weighted by atomic mass is 16.6. The van der Waals surface area contributed by atoms with Gasteiger partial charge in [-0.25, -0.2) is 0 Å². The Bertz CT molecular complexity index is 1460. The molecule has 3 heterocycles. The normalized spacial score (nSPS) is 14.0. The summed E-state index contributed by atoms with van der Waals surface area (Å²) in [5, 5.41) is 4.71. The summed E-state index contributed by atoms with van der Waals surface area (Å²) < 4.78 is 14.9. The van der Waals surface area contributed by atoms with Crippen molar-refractivity contribution in [3.63, 3.8) is 0 Å². The summed E-state index contributed by atoms with van der Waals surface area (Å²) in [6.07, 6.45) is 1.71.